The summed E-state index contributed by atoms with van der Waals surface area (Å²) in [7, 11) is 3.90. The van der Waals surface area contributed by atoms with Crippen molar-refractivity contribution in [3.63, 3.8) is 0 Å². The number of methoxy groups -OCH3 is 1. The fourth-order valence-electron chi connectivity index (χ4n) is 4.00. The van der Waals surface area contributed by atoms with Crippen LogP contribution in [0.25, 0.3) is 0 Å². The first kappa shape index (κ1) is 16.4. The first-order valence-corrected chi connectivity index (χ1v) is 8.21. The van der Waals surface area contributed by atoms with Crippen LogP contribution in [-0.2, 0) is 4.74 Å². The van der Waals surface area contributed by atoms with Crippen LogP contribution in [0.4, 0.5) is 4.39 Å². The molecule has 2 aliphatic heterocycles. The summed E-state index contributed by atoms with van der Waals surface area (Å²) in [5.74, 6) is 0.282. The highest BCUT2D eigenvalue weighted by Crippen LogP contribution is 2.39. The highest BCUT2D eigenvalue weighted by molar-refractivity contribution is 5.96. The van der Waals surface area contributed by atoms with Crippen molar-refractivity contribution in [1.29, 1.82) is 0 Å². The number of benzene rings is 1. The number of likely N-dealkylation sites (N-methyl/N-ethyl adjacent to an activating group) is 1. The van der Waals surface area contributed by atoms with E-state index in [1.165, 1.54) is 12.1 Å². The van der Waals surface area contributed by atoms with E-state index in [0.29, 0.717) is 17.0 Å². The van der Waals surface area contributed by atoms with E-state index in [1.54, 1.807) is 20.1 Å². The summed E-state index contributed by atoms with van der Waals surface area (Å²) in [4.78, 5) is 16.9. The first-order chi connectivity index (χ1) is 10.9. The normalized spacial score (nSPS) is 23.8. The zero-order chi connectivity index (χ0) is 16.6. The molecule has 0 aliphatic carbocycles. The molecule has 1 aromatic carbocycles. The van der Waals surface area contributed by atoms with Gasteiger partial charge in [-0.1, -0.05) is 0 Å². The lowest BCUT2D eigenvalue weighted by Crippen LogP contribution is -2.72. The number of nitrogens with zero attached hydrogens (tertiary/aromatic N) is 2. The van der Waals surface area contributed by atoms with Gasteiger partial charge in [0.05, 0.1) is 5.54 Å². The summed E-state index contributed by atoms with van der Waals surface area (Å²) < 4.78 is 18.5. The van der Waals surface area contributed by atoms with Crippen LogP contribution in [0.5, 0.6) is 0 Å². The SMILES string of the molecule is COC[C@@H]1CCN(C)C2(C1)CN(C(=O)c1ccc(F)cc1C)C2. The summed E-state index contributed by atoms with van der Waals surface area (Å²) in [6.07, 6.45) is 2.22. The molecular formula is C18H25FN2O2. The van der Waals surface area contributed by atoms with Gasteiger partial charge in [0.15, 0.2) is 0 Å². The third-order valence-electron chi connectivity index (χ3n) is 5.43. The van der Waals surface area contributed by atoms with Crippen LogP contribution < -0.4 is 0 Å². The summed E-state index contributed by atoms with van der Waals surface area (Å²) in [6.45, 7) is 5.12. The van der Waals surface area contributed by atoms with E-state index in [4.69, 9.17) is 4.74 Å². The molecule has 2 saturated heterocycles. The lowest BCUT2D eigenvalue weighted by molar-refractivity contribution is -0.0731. The number of piperidine rings is 1. The van der Waals surface area contributed by atoms with Crippen molar-refractivity contribution in [2.24, 2.45) is 5.92 Å². The second-order valence-corrected chi connectivity index (χ2v) is 7.08. The summed E-state index contributed by atoms with van der Waals surface area (Å²) in [6, 6.07) is 4.37. The van der Waals surface area contributed by atoms with Gasteiger partial charge in [-0.2, -0.15) is 0 Å². The summed E-state index contributed by atoms with van der Waals surface area (Å²) >= 11 is 0. The maximum absolute atomic E-state index is 13.2. The quantitative estimate of drug-likeness (QED) is 0.857. The van der Waals surface area contributed by atoms with Crippen molar-refractivity contribution in [3.05, 3.63) is 35.1 Å². The Kier molecular flexibility index (Phi) is 4.43. The molecule has 4 nitrogen and oxygen atoms in total. The van der Waals surface area contributed by atoms with Gasteiger partial charge in [-0.05, 0) is 63.0 Å². The number of rotatable bonds is 3. The van der Waals surface area contributed by atoms with E-state index in [0.717, 1.165) is 39.1 Å². The third-order valence-corrected chi connectivity index (χ3v) is 5.43. The molecule has 0 radical (unpaired) electrons. The Hall–Kier alpha value is -1.46. The molecule has 0 aromatic heterocycles. The van der Waals surface area contributed by atoms with Crippen LogP contribution >= 0.6 is 0 Å². The molecule has 2 fully saturated rings. The van der Waals surface area contributed by atoms with Crippen LogP contribution in [0.3, 0.4) is 0 Å². The van der Waals surface area contributed by atoms with Crippen molar-refractivity contribution in [1.82, 2.24) is 9.80 Å². The minimum absolute atomic E-state index is 0.00962. The fraction of sp³-hybridized carbons (Fsp3) is 0.611. The highest BCUT2D eigenvalue weighted by atomic mass is 19.1. The number of ether oxygens (including phenoxy) is 1. The zero-order valence-electron chi connectivity index (χ0n) is 14.1. The molecule has 0 bridgehead atoms. The predicted octanol–water partition coefficient (Wildman–Crippen LogP) is 2.32. The molecule has 0 N–H and O–H groups in total. The Morgan fingerprint density at radius 2 is 2.17 bits per heavy atom. The van der Waals surface area contributed by atoms with E-state index in [2.05, 4.69) is 11.9 Å². The lowest BCUT2D eigenvalue weighted by Gasteiger charge is -2.58. The Morgan fingerprint density at radius 1 is 1.43 bits per heavy atom. The second kappa shape index (κ2) is 6.21. The molecule has 1 spiro atoms. The zero-order valence-corrected chi connectivity index (χ0v) is 14.1. The van der Waals surface area contributed by atoms with Crippen molar-refractivity contribution in [3.8, 4) is 0 Å². The van der Waals surface area contributed by atoms with Crippen molar-refractivity contribution in [2.75, 3.05) is 40.4 Å². The van der Waals surface area contributed by atoms with Crippen LogP contribution in [0.2, 0.25) is 0 Å². The molecule has 1 aromatic rings. The van der Waals surface area contributed by atoms with E-state index in [-0.39, 0.29) is 17.3 Å². The van der Waals surface area contributed by atoms with Gasteiger partial charge in [0.2, 0.25) is 0 Å². The number of hydrogen-bond acceptors (Lipinski definition) is 3. The van der Waals surface area contributed by atoms with Gasteiger partial charge in [-0.25, -0.2) is 4.39 Å². The molecule has 23 heavy (non-hydrogen) atoms. The molecule has 2 heterocycles. The molecular weight excluding hydrogens is 295 g/mol. The summed E-state index contributed by atoms with van der Waals surface area (Å²) in [5.41, 5.74) is 1.39. The van der Waals surface area contributed by atoms with Gasteiger partial charge >= 0.3 is 0 Å². The molecule has 0 unspecified atom stereocenters. The number of aryl methyl sites for hydroxylation is 1. The predicted molar refractivity (Wildman–Crippen MR) is 87.0 cm³/mol. The number of hydrogen-bond donors (Lipinski definition) is 0. The van der Waals surface area contributed by atoms with Crippen LogP contribution in [0.1, 0.15) is 28.8 Å². The van der Waals surface area contributed by atoms with E-state index in [9.17, 15) is 9.18 Å². The first-order valence-electron chi connectivity index (χ1n) is 8.21. The smallest absolute Gasteiger partial charge is 0.254 e. The molecule has 0 saturated carbocycles. The molecule has 3 rings (SSSR count). The summed E-state index contributed by atoms with van der Waals surface area (Å²) in [5, 5.41) is 0. The third kappa shape index (κ3) is 3.00. The van der Waals surface area contributed by atoms with Gasteiger partial charge in [0, 0.05) is 32.4 Å². The minimum atomic E-state index is -0.298. The maximum atomic E-state index is 13.2. The molecule has 126 valence electrons. The van der Waals surface area contributed by atoms with Crippen molar-refractivity contribution >= 4 is 5.91 Å². The van der Waals surface area contributed by atoms with Crippen molar-refractivity contribution in [2.45, 2.75) is 25.3 Å². The minimum Gasteiger partial charge on any atom is -0.384 e. The molecule has 2 aliphatic rings. The lowest BCUT2D eigenvalue weighted by atomic mass is 9.75. The Labute approximate surface area is 137 Å². The highest BCUT2D eigenvalue weighted by Gasteiger charge is 2.51. The topological polar surface area (TPSA) is 32.8 Å². The number of carbonyl (C=O) groups is 1. The maximum Gasteiger partial charge on any atom is 0.254 e. The van der Waals surface area contributed by atoms with Gasteiger partial charge in [0.25, 0.3) is 5.91 Å². The number of amides is 1. The number of halogens is 1. The van der Waals surface area contributed by atoms with E-state index >= 15 is 0 Å². The van der Waals surface area contributed by atoms with Gasteiger partial charge in [-0.15, -0.1) is 0 Å². The fourth-order valence-corrected chi connectivity index (χ4v) is 4.00. The Bertz CT molecular complexity index is 599. The van der Waals surface area contributed by atoms with Gasteiger partial charge < -0.3 is 9.64 Å². The average Bonchev–Trinajstić information content (AvgIpc) is 2.46. The second-order valence-electron chi connectivity index (χ2n) is 7.08. The van der Waals surface area contributed by atoms with Gasteiger partial charge in [-0.3, -0.25) is 9.69 Å². The largest absolute Gasteiger partial charge is 0.384 e. The van der Waals surface area contributed by atoms with Gasteiger partial charge in [0.1, 0.15) is 5.82 Å². The van der Waals surface area contributed by atoms with Crippen LogP contribution in [0, 0.1) is 18.7 Å². The van der Waals surface area contributed by atoms with Crippen molar-refractivity contribution < 1.29 is 13.9 Å². The average molecular weight is 320 g/mol. The van der Waals surface area contributed by atoms with Crippen LogP contribution in [0.15, 0.2) is 18.2 Å². The molecule has 5 heteroatoms. The van der Waals surface area contributed by atoms with Crippen LogP contribution in [-0.4, -0.2) is 61.6 Å². The number of carbonyl (C=O) groups excluding carboxylic acids is 1. The Balaban J connectivity index is 1.68. The van der Waals surface area contributed by atoms with E-state index < -0.39 is 0 Å². The molecule has 1 atom stereocenters. The standard InChI is InChI=1S/C18H25FN2O2/c1-13-8-15(19)4-5-16(13)17(22)21-11-18(12-21)9-14(10-23-3)6-7-20(18)2/h4-5,8,14H,6-7,9-12H2,1-3H3/t14-/m1/s1. The van der Waals surface area contributed by atoms with E-state index in [1.807, 2.05) is 4.90 Å². The molecule has 1 amide bonds. The number of likely N-dealkylation sites (tertiary alicyclic amines) is 2. The Morgan fingerprint density at radius 3 is 2.83 bits per heavy atom. The monoisotopic (exact) mass is 320 g/mol.